The average Bonchev–Trinajstić information content (AvgIpc) is 3.36. The maximum atomic E-state index is 13.0. The van der Waals surface area contributed by atoms with E-state index in [1.165, 1.54) is 0 Å². The number of rotatable bonds is 8. The molecule has 0 unspecified atom stereocenters. The van der Waals surface area contributed by atoms with E-state index in [4.69, 9.17) is 4.74 Å². The van der Waals surface area contributed by atoms with E-state index in [0.717, 1.165) is 35.3 Å². The highest BCUT2D eigenvalue weighted by molar-refractivity contribution is 5.98. The lowest BCUT2D eigenvalue weighted by Gasteiger charge is -2.20. The molecule has 5 nitrogen and oxygen atoms in total. The largest absolute Gasteiger partial charge is 0.497 e. The minimum absolute atomic E-state index is 0.0669. The summed E-state index contributed by atoms with van der Waals surface area (Å²) in [6.45, 7) is 13.6. The Morgan fingerprint density at radius 2 is 1.81 bits per heavy atom. The first-order valence-corrected chi connectivity index (χ1v) is 9.29. The molecular formula is C22H31N3O2. The molecule has 146 valence electrons. The van der Waals surface area contributed by atoms with Crippen molar-refractivity contribution in [3.05, 3.63) is 52.4 Å². The maximum absolute atomic E-state index is 13.0. The maximum Gasteiger partial charge on any atom is 0.252 e. The lowest BCUT2D eigenvalue weighted by atomic mass is 10.00. The van der Waals surface area contributed by atoms with Gasteiger partial charge in [-0.1, -0.05) is 17.7 Å². The van der Waals surface area contributed by atoms with Crippen LogP contribution in [0.3, 0.4) is 0 Å². The zero-order valence-electron chi connectivity index (χ0n) is 17.3. The lowest BCUT2D eigenvalue weighted by Crippen LogP contribution is -2.31. The van der Waals surface area contributed by atoms with Crippen molar-refractivity contribution in [2.75, 3.05) is 7.11 Å². The molecule has 0 saturated heterocycles. The minimum atomic E-state index is -0.125. The number of hydrogen-bond donors (Lipinski definition) is 2. The number of nitrogens with zero attached hydrogens (tertiary/aromatic N) is 1. The summed E-state index contributed by atoms with van der Waals surface area (Å²) in [6.07, 6.45) is 2.20. The van der Waals surface area contributed by atoms with Crippen LogP contribution in [0.2, 0.25) is 0 Å². The fourth-order valence-corrected chi connectivity index (χ4v) is 2.99. The Labute approximate surface area is 162 Å². The fourth-order valence-electron chi connectivity index (χ4n) is 2.99. The molecule has 2 N–H and O–H groups in total. The Hall–Kier alpha value is -2.56. The van der Waals surface area contributed by atoms with Crippen molar-refractivity contribution < 1.29 is 9.53 Å². The first-order chi connectivity index (χ1) is 12.7. The summed E-state index contributed by atoms with van der Waals surface area (Å²) in [7, 11) is 1.64. The Balaban J connectivity index is 2.21. The highest BCUT2D eigenvalue weighted by atomic mass is 16.5. The number of carbonyl (C=O) groups excluding carboxylic acids is 1. The zero-order valence-corrected chi connectivity index (χ0v) is 17.3. The van der Waals surface area contributed by atoms with Crippen LogP contribution >= 0.6 is 0 Å². The zero-order chi connectivity index (χ0) is 20.2. The molecule has 1 amide bonds. The smallest absolute Gasteiger partial charge is 0.252 e. The molecule has 0 aromatic heterocycles. The second-order valence-electron chi connectivity index (χ2n) is 7.66. The molecule has 0 spiro atoms. The van der Waals surface area contributed by atoms with Crippen LogP contribution in [-0.2, 0) is 4.79 Å². The van der Waals surface area contributed by atoms with Gasteiger partial charge in [-0.25, -0.2) is 4.99 Å². The van der Waals surface area contributed by atoms with Gasteiger partial charge >= 0.3 is 0 Å². The van der Waals surface area contributed by atoms with Gasteiger partial charge in [0.2, 0.25) is 0 Å². The standard InChI is InChI=1S/C22H31N3O2/c1-14(2)19(15(3)20(23-6)25-22(5)12-13-22)21(26)24-16(4)17-8-10-18(27-7)11-9-17/h8-11,16,25H,6,12-13H2,1-5,7H3,(H,24,26)/b20-15-/t16-/m1/s1. The summed E-state index contributed by atoms with van der Waals surface area (Å²) in [4.78, 5) is 17.2. The topological polar surface area (TPSA) is 62.7 Å². The van der Waals surface area contributed by atoms with Gasteiger partial charge in [-0.15, -0.1) is 0 Å². The Morgan fingerprint density at radius 3 is 2.26 bits per heavy atom. The number of hydrogen-bond acceptors (Lipinski definition) is 4. The summed E-state index contributed by atoms with van der Waals surface area (Å²) < 4.78 is 5.19. The highest BCUT2D eigenvalue weighted by Gasteiger charge is 2.38. The molecular weight excluding hydrogens is 338 g/mol. The van der Waals surface area contributed by atoms with E-state index >= 15 is 0 Å². The molecule has 1 aromatic rings. The molecule has 1 aliphatic rings. The quantitative estimate of drug-likeness (QED) is 0.408. The van der Waals surface area contributed by atoms with Crippen molar-refractivity contribution in [1.29, 1.82) is 0 Å². The van der Waals surface area contributed by atoms with Gasteiger partial charge in [0, 0.05) is 16.7 Å². The van der Waals surface area contributed by atoms with Crippen LogP contribution in [0.25, 0.3) is 0 Å². The number of allylic oxidation sites excluding steroid dienone is 1. The van der Waals surface area contributed by atoms with Gasteiger partial charge in [0.25, 0.3) is 5.91 Å². The summed E-state index contributed by atoms with van der Waals surface area (Å²) in [6, 6.07) is 7.58. The van der Waals surface area contributed by atoms with Gasteiger partial charge in [-0.05, 0) is 71.9 Å². The third kappa shape index (κ3) is 5.22. The van der Waals surface area contributed by atoms with Crippen LogP contribution in [0.5, 0.6) is 5.75 Å². The van der Waals surface area contributed by atoms with E-state index in [2.05, 4.69) is 29.3 Å². The molecule has 1 fully saturated rings. The summed E-state index contributed by atoms with van der Waals surface area (Å²) in [5, 5.41) is 6.52. The molecule has 5 heteroatoms. The van der Waals surface area contributed by atoms with Crippen LogP contribution in [0.4, 0.5) is 0 Å². The van der Waals surface area contributed by atoms with Crippen molar-refractivity contribution in [3.8, 4) is 5.75 Å². The first-order valence-electron chi connectivity index (χ1n) is 9.29. The Kier molecular flexibility index (Phi) is 6.47. The number of nitrogens with one attached hydrogen (secondary N) is 2. The molecule has 0 heterocycles. The Bertz CT molecular complexity index is 767. The van der Waals surface area contributed by atoms with Gasteiger partial charge in [-0.2, -0.15) is 0 Å². The van der Waals surface area contributed by atoms with Crippen molar-refractivity contribution in [2.45, 2.75) is 59.0 Å². The van der Waals surface area contributed by atoms with Gasteiger partial charge in [-0.3, -0.25) is 4.79 Å². The fraction of sp³-hybridized carbons (Fsp3) is 0.455. The van der Waals surface area contributed by atoms with Crippen LogP contribution in [0.1, 0.15) is 59.1 Å². The normalized spacial score (nSPS) is 16.5. The van der Waals surface area contributed by atoms with Crippen LogP contribution in [0.15, 0.2) is 51.8 Å². The number of methoxy groups -OCH3 is 1. The molecule has 1 aliphatic carbocycles. The molecule has 1 saturated carbocycles. The van der Waals surface area contributed by atoms with Crippen molar-refractivity contribution >= 4 is 12.6 Å². The summed E-state index contributed by atoms with van der Waals surface area (Å²) in [5.74, 6) is 1.36. The molecule has 1 atom stereocenters. The van der Waals surface area contributed by atoms with E-state index in [9.17, 15) is 4.79 Å². The molecule has 0 radical (unpaired) electrons. The third-order valence-electron chi connectivity index (χ3n) is 5.00. The predicted octanol–water partition coefficient (Wildman–Crippen LogP) is 4.28. The van der Waals surface area contributed by atoms with Crippen molar-refractivity contribution in [2.24, 2.45) is 4.99 Å². The lowest BCUT2D eigenvalue weighted by molar-refractivity contribution is -0.117. The van der Waals surface area contributed by atoms with E-state index in [-0.39, 0.29) is 17.5 Å². The summed E-state index contributed by atoms with van der Waals surface area (Å²) in [5.41, 5.74) is 3.49. The van der Waals surface area contributed by atoms with Gasteiger partial charge < -0.3 is 15.4 Å². The van der Waals surface area contributed by atoms with Crippen LogP contribution in [0, 0.1) is 0 Å². The predicted molar refractivity (Wildman–Crippen MR) is 111 cm³/mol. The van der Waals surface area contributed by atoms with Crippen LogP contribution < -0.4 is 15.4 Å². The molecule has 0 aliphatic heterocycles. The van der Waals surface area contributed by atoms with Gasteiger partial charge in [0.1, 0.15) is 11.6 Å². The third-order valence-corrected chi connectivity index (χ3v) is 5.00. The number of amides is 1. The van der Waals surface area contributed by atoms with Crippen molar-refractivity contribution in [1.82, 2.24) is 10.6 Å². The molecule has 2 rings (SSSR count). The summed E-state index contributed by atoms with van der Waals surface area (Å²) >= 11 is 0. The monoisotopic (exact) mass is 369 g/mol. The molecule has 1 aromatic carbocycles. The van der Waals surface area contributed by atoms with Gasteiger partial charge in [0.15, 0.2) is 0 Å². The van der Waals surface area contributed by atoms with E-state index in [0.29, 0.717) is 11.4 Å². The number of carbonyl (C=O) groups is 1. The van der Waals surface area contributed by atoms with E-state index in [1.54, 1.807) is 7.11 Å². The number of benzene rings is 1. The van der Waals surface area contributed by atoms with E-state index < -0.39 is 0 Å². The SMILES string of the molecule is C=N/C(NC1(C)CC1)=C(\C)C(C(=O)N[C@H](C)c1ccc(OC)cc1)=C(C)C. The van der Waals surface area contributed by atoms with Gasteiger partial charge in [0.05, 0.1) is 13.2 Å². The second-order valence-corrected chi connectivity index (χ2v) is 7.66. The second kappa shape index (κ2) is 8.42. The highest BCUT2D eigenvalue weighted by Crippen LogP contribution is 2.36. The molecule has 27 heavy (non-hydrogen) atoms. The van der Waals surface area contributed by atoms with Crippen LogP contribution in [-0.4, -0.2) is 25.3 Å². The molecule has 0 bridgehead atoms. The number of ether oxygens (including phenoxy) is 1. The van der Waals surface area contributed by atoms with Crippen molar-refractivity contribution in [3.63, 3.8) is 0 Å². The van der Waals surface area contributed by atoms with E-state index in [1.807, 2.05) is 52.0 Å². The Morgan fingerprint density at radius 1 is 1.22 bits per heavy atom. The number of aliphatic imine (C=N–C) groups is 1. The minimum Gasteiger partial charge on any atom is -0.497 e. The first kappa shape index (κ1) is 20.7. The average molecular weight is 370 g/mol.